The van der Waals surface area contributed by atoms with Crippen molar-refractivity contribution in [3.8, 4) is 0 Å². The predicted molar refractivity (Wildman–Crippen MR) is 94.3 cm³/mol. The number of carbonyl (C=O) groups is 2. The molecule has 1 saturated heterocycles. The van der Waals surface area contributed by atoms with Crippen LogP contribution >= 0.6 is 0 Å². The van der Waals surface area contributed by atoms with Crippen LogP contribution in [0, 0.1) is 0 Å². The summed E-state index contributed by atoms with van der Waals surface area (Å²) in [6.45, 7) is 2.03. The number of nitrogens with one attached hydrogen (secondary N) is 1. The smallest absolute Gasteiger partial charge is 0.272 e. The second-order valence-electron chi connectivity index (χ2n) is 6.29. The van der Waals surface area contributed by atoms with Crippen LogP contribution in [0.3, 0.4) is 0 Å². The van der Waals surface area contributed by atoms with Crippen molar-refractivity contribution in [1.29, 1.82) is 0 Å². The average molecular weight is 341 g/mol. The van der Waals surface area contributed by atoms with Gasteiger partial charge in [-0.3, -0.25) is 19.2 Å². The van der Waals surface area contributed by atoms with E-state index < -0.39 is 0 Å². The number of aryl methyl sites for hydroxylation is 1. The minimum absolute atomic E-state index is 0.0134. The number of hydrogen-bond donors (Lipinski definition) is 1. The minimum atomic E-state index is -0.108. The summed E-state index contributed by atoms with van der Waals surface area (Å²) in [6, 6.07) is 9.38. The highest BCUT2D eigenvalue weighted by atomic mass is 16.2. The molecule has 1 aromatic carbocycles. The first-order valence-corrected chi connectivity index (χ1v) is 8.31. The van der Waals surface area contributed by atoms with Crippen molar-refractivity contribution < 1.29 is 9.59 Å². The summed E-state index contributed by atoms with van der Waals surface area (Å²) in [5.74, 6) is -0.122. The molecule has 0 bridgehead atoms. The van der Waals surface area contributed by atoms with E-state index in [9.17, 15) is 9.59 Å². The quantitative estimate of drug-likeness (QED) is 0.901. The molecule has 1 aliphatic heterocycles. The van der Waals surface area contributed by atoms with Crippen LogP contribution in [-0.4, -0.2) is 65.1 Å². The number of likely N-dealkylation sites (N-methyl/N-ethyl adjacent to an activating group) is 1. The highest BCUT2D eigenvalue weighted by molar-refractivity contribution is 5.94. The van der Waals surface area contributed by atoms with Gasteiger partial charge in [-0.15, -0.1) is 0 Å². The molecule has 1 fully saturated rings. The lowest BCUT2D eigenvalue weighted by Gasteiger charge is -2.39. The lowest BCUT2D eigenvalue weighted by molar-refractivity contribution is 0.0535. The molecule has 1 N–H and O–H groups in total. The fraction of sp³-hybridized carbons (Fsp3) is 0.389. The van der Waals surface area contributed by atoms with E-state index in [-0.39, 0.29) is 17.9 Å². The third kappa shape index (κ3) is 3.41. The summed E-state index contributed by atoms with van der Waals surface area (Å²) in [6.07, 6.45) is 1.63. The molecular formula is C18H23N5O2. The average Bonchev–Trinajstić information content (AvgIpc) is 3.07. The van der Waals surface area contributed by atoms with E-state index in [0.717, 1.165) is 12.1 Å². The van der Waals surface area contributed by atoms with Gasteiger partial charge in [-0.25, -0.2) is 0 Å². The van der Waals surface area contributed by atoms with Crippen LogP contribution in [0.25, 0.3) is 0 Å². The Morgan fingerprint density at radius 1 is 1.20 bits per heavy atom. The van der Waals surface area contributed by atoms with E-state index in [4.69, 9.17) is 0 Å². The van der Waals surface area contributed by atoms with Crippen LogP contribution in [0.1, 0.15) is 32.5 Å². The van der Waals surface area contributed by atoms with Gasteiger partial charge in [0.05, 0.1) is 6.04 Å². The van der Waals surface area contributed by atoms with Crippen molar-refractivity contribution in [3.63, 3.8) is 0 Å². The summed E-state index contributed by atoms with van der Waals surface area (Å²) in [7, 11) is 5.44. The molecule has 132 valence electrons. The van der Waals surface area contributed by atoms with Crippen molar-refractivity contribution in [1.82, 2.24) is 24.9 Å². The number of amides is 2. The summed E-state index contributed by atoms with van der Waals surface area (Å²) in [5.41, 5.74) is 2.25. The molecule has 1 aromatic heterocycles. The topological polar surface area (TPSA) is 70.5 Å². The Balaban J connectivity index is 1.83. The Bertz CT molecular complexity index is 785. The molecule has 25 heavy (non-hydrogen) atoms. The minimum Gasteiger partial charge on any atom is -0.355 e. The first-order chi connectivity index (χ1) is 12.0. The van der Waals surface area contributed by atoms with Crippen LogP contribution in [0.5, 0.6) is 0 Å². The number of nitrogens with zero attached hydrogens (tertiary/aromatic N) is 4. The number of benzene rings is 1. The van der Waals surface area contributed by atoms with Crippen LogP contribution in [0.15, 0.2) is 36.5 Å². The van der Waals surface area contributed by atoms with Gasteiger partial charge in [0.15, 0.2) is 0 Å². The standard InChI is InChI=1S/C18H23N5O2/c1-19-17(24)14-6-4-5-13(11-14)16-12-23(10-9-21(16)2)18(25)15-7-8-20-22(15)3/h4-8,11,16H,9-10,12H2,1-3H3,(H,19,24). The fourth-order valence-electron chi connectivity index (χ4n) is 3.20. The van der Waals surface area contributed by atoms with Gasteiger partial charge in [-0.2, -0.15) is 5.10 Å². The monoisotopic (exact) mass is 341 g/mol. The van der Waals surface area contributed by atoms with Crippen LogP contribution < -0.4 is 5.32 Å². The zero-order valence-electron chi connectivity index (χ0n) is 14.8. The van der Waals surface area contributed by atoms with Gasteiger partial charge in [0, 0.05) is 45.5 Å². The maximum atomic E-state index is 12.8. The Morgan fingerprint density at radius 2 is 2.00 bits per heavy atom. The van der Waals surface area contributed by atoms with Crippen molar-refractivity contribution in [2.45, 2.75) is 6.04 Å². The summed E-state index contributed by atoms with van der Waals surface area (Å²) in [5, 5.41) is 6.73. The lowest BCUT2D eigenvalue weighted by atomic mass is 10.00. The first-order valence-electron chi connectivity index (χ1n) is 8.31. The van der Waals surface area contributed by atoms with Crippen LogP contribution in [-0.2, 0) is 7.05 Å². The lowest BCUT2D eigenvalue weighted by Crippen LogP contribution is -2.49. The van der Waals surface area contributed by atoms with E-state index in [1.54, 1.807) is 37.1 Å². The zero-order chi connectivity index (χ0) is 18.0. The number of aromatic nitrogens is 2. The van der Waals surface area contributed by atoms with E-state index in [0.29, 0.717) is 24.3 Å². The third-order valence-electron chi connectivity index (χ3n) is 4.74. The summed E-state index contributed by atoms with van der Waals surface area (Å²) < 4.78 is 1.60. The molecule has 0 spiro atoms. The van der Waals surface area contributed by atoms with Gasteiger partial charge >= 0.3 is 0 Å². The molecule has 0 aliphatic carbocycles. The highest BCUT2D eigenvalue weighted by Crippen LogP contribution is 2.25. The van der Waals surface area contributed by atoms with Crippen molar-refractivity contribution in [2.24, 2.45) is 7.05 Å². The molecule has 3 rings (SSSR count). The molecule has 7 heteroatoms. The third-order valence-corrected chi connectivity index (χ3v) is 4.74. The Labute approximate surface area is 147 Å². The van der Waals surface area contributed by atoms with E-state index in [2.05, 4.69) is 15.3 Å². The van der Waals surface area contributed by atoms with Crippen molar-refractivity contribution in [3.05, 3.63) is 53.3 Å². The Morgan fingerprint density at radius 3 is 2.68 bits per heavy atom. The molecule has 1 aliphatic rings. The molecular weight excluding hydrogens is 318 g/mol. The zero-order valence-corrected chi connectivity index (χ0v) is 14.8. The second kappa shape index (κ2) is 7.06. The van der Waals surface area contributed by atoms with Crippen LogP contribution in [0.2, 0.25) is 0 Å². The second-order valence-corrected chi connectivity index (χ2v) is 6.29. The summed E-state index contributed by atoms with van der Waals surface area (Å²) in [4.78, 5) is 28.7. The fourth-order valence-corrected chi connectivity index (χ4v) is 3.20. The van der Waals surface area contributed by atoms with Gasteiger partial charge in [0.25, 0.3) is 11.8 Å². The Kier molecular flexibility index (Phi) is 4.85. The van der Waals surface area contributed by atoms with Gasteiger partial charge in [0.1, 0.15) is 5.69 Å². The molecule has 0 saturated carbocycles. The molecule has 1 unspecified atom stereocenters. The molecule has 7 nitrogen and oxygen atoms in total. The Hall–Kier alpha value is -2.67. The van der Waals surface area contributed by atoms with Gasteiger partial charge < -0.3 is 10.2 Å². The first kappa shape index (κ1) is 17.2. The normalized spacial score (nSPS) is 18.2. The molecule has 1 atom stereocenters. The van der Waals surface area contributed by atoms with Crippen LogP contribution in [0.4, 0.5) is 0 Å². The largest absolute Gasteiger partial charge is 0.355 e. The number of piperazine rings is 1. The molecule has 0 radical (unpaired) electrons. The summed E-state index contributed by atoms with van der Waals surface area (Å²) >= 11 is 0. The van der Waals surface area contributed by atoms with Crippen molar-refractivity contribution in [2.75, 3.05) is 33.7 Å². The number of rotatable bonds is 3. The maximum absolute atomic E-state index is 12.8. The van der Waals surface area contributed by atoms with E-state index in [1.165, 1.54) is 0 Å². The van der Waals surface area contributed by atoms with Gasteiger partial charge in [0.2, 0.25) is 0 Å². The predicted octanol–water partition coefficient (Wildman–Crippen LogP) is 0.909. The molecule has 2 heterocycles. The van der Waals surface area contributed by atoms with Gasteiger partial charge in [-0.05, 0) is 30.8 Å². The molecule has 2 aromatic rings. The van der Waals surface area contributed by atoms with Gasteiger partial charge in [-0.1, -0.05) is 12.1 Å². The SMILES string of the molecule is CNC(=O)c1cccc(C2CN(C(=O)c3ccnn3C)CCN2C)c1. The van der Waals surface area contributed by atoms with E-state index >= 15 is 0 Å². The maximum Gasteiger partial charge on any atom is 0.272 e. The van der Waals surface area contributed by atoms with E-state index in [1.807, 2.05) is 30.1 Å². The number of carbonyl (C=O) groups excluding carboxylic acids is 2. The highest BCUT2D eigenvalue weighted by Gasteiger charge is 2.30. The molecule has 2 amide bonds. The number of hydrogen-bond acceptors (Lipinski definition) is 4. The van der Waals surface area contributed by atoms with Crippen molar-refractivity contribution >= 4 is 11.8 Å².